The number of nitrogens with one attached hydrogen (secondary N) is 4. The molecule has 0 aliphatic heterocycles. The second-order valence-electron chi connectivity index (χ2n) is 14.7. The molecule has 19 heteroatoms. The number of nitrogens with two attached hydrogens (primary N) is 1. The van der Waals surface area contributed by atoms with Gasteiger partial charge in [0.25, 0.3) is 0 Å². The lowest BCUT2D eigenvalue weighted by Gasteiger charge is -2.14. The van der Waals surface area contributed by atoms with Crippen LogP contribution in [0.15, 0.2) is 0 Å². The van der Waals surface area contributed by atoms with Crippen molar-refractivity contribution < 1.29 is 62.7 Å². The summed E-state index contributed by atoms with van der Waals surface area (Å²) in [5.41, 5.74) is 5.00. The maximum absolute atomic E-state index is 12.3. The topological polar surface area (TPSA) is 271 Å². The van der Waals surface area contributed by atoms with E-state index in [1.165, 1.54) is 44.9 Å². The van der Waals surface area contributed by atoms with Crippen LogP contribution in [-0.2, 0) is 52.5 Å². The summed E-state index contributed by atoms with van der Waals surface area (Å²) < 4.78 is 21.3. The molecule has 60 heavy (non-hydrogen) atoms. The lowest BCUT2D eigenvalue weighted by atomic mass is 9.92. The van der Waals surface area contributed by atoms with Crippen LogP contribution in [0.4, 0.5) is 0 Å². The first-order chi connectivity index (χ1) is 28.9. The fourth-order valence-electron chi connectivity index (χ4n) is 5.83. The molecule has 0 aromatic rings. The molecule has 0 aromatic heterocycles. The Labute approximate surface area is 357 Å². The normalized spacial score (nSPS) is 12.0. The Bertz CT molecular complexity index is 1180. The summed E-state index contributed by atoms with van der Waals surface area (Å²) in [6.07, 6.45) is 17.3. The van der Waals surface area contributed by atoms with Gasteiger partial charge in [-0.15, -0.1) is 0 Å². The second-order valence-corrected chi connectivity index (χ2v) is 14.7. The van der Waals surface area contributed by atoms with Gasteiger partial charge in [-0.25, -0.2) is 4.79 Å². The predicted octanol–water partition coefficient (Wildman–Crippen LogP) is 2.27. The molecule has 0 aliphatic carbocycles. The van der Waals surface area contributed by atoms with Crippen LogP contribution in [0.3, 0.4) is 0 Å². The van der Waals surface area contributed by atoms with Crippen LogP contribution in [0.5, 0.6) is 0 Å². The molecule has 344 valence electrons. The minimum Gasteiger partial charge on any atom is -0.481 e. The maximum atomic E-state index is 12.3. The van der Waals surface area contributed by atoms with Crippen molar-refractivity contribution in [1.82, 2.24) is 21.3 Å². The standard InChI is InChI=1S/C41H74BN5O13/c42-40(54)33(43)17-15-16-22-44-37(50)31-59-29-28-58-26-24-46-38(51)32-60-30-27-57-25-23-45-35(48)21-20-34(41(55)56)47-36(49)18-13-11-9-7-5-3-1-2-4-6-8-10-12-14-19-39(52)53/h33-34H,1-32,43H2,(H,44,50)(H,45,48)(H,46,51)(H,47,49)(H,52,53)(H,55,56)/t33?,34-/m1/s1. The molecule has 8 N–H and O–H groups in total. The van der Waals surface area contributed by atoms with Gasteiger partial charge in [0, 0.05) is 38.9 Å². The highest BCUT2D eigenvalue weighted by Gasteiger charge is 2.21. The Balaban J connectivity index is 3.65. The largest absolute Gasteiger partial charge is 0.481 e. The van der Waals surface area contributed by atoms with Crippen LogP contribution in [0, 0.1) is 0 Å². The fraction of sp³-hybridized carbons (Fsp3) is 0.829. The van der Waals surface area contributed by atoms with Gasteiger partial charge in [-0.05, 0) is 38.5 Å². The number of carbonyl (C=O) groups excluding carboxylic acids is 5. The quantitative estimate of drug-likeness (QED) is 0.0343. The summed E-state index contributed by atoms with van der Waals surface area (Å²) in [7, 11) is 5.10. The van der Waals surface area contributed by atoms with Crippen molar-refractivity contribution in [1.29, 1.82) is 0 Å². The van der Waals surface area contributed by atoms with Gasteiger partial charge in [0.15, 0.2) is 7.85 Å². The Hall–Kier alpha value is -3.65. The number of hydrogen-bond acceptors (Lipinski definition) is 12. The lowest BCUT2D eigenvalue weighted by molar-refractivity contribution is -0.142. The summed E-state index contributed by atoms with van der Waals surface area (Å²) in [5, 5.41) is 28.7. The van der Waals surface area contributed by atoms with Crippen molar-refractivity contribution in [3.05, 3.63) is 0 Å². The summed E-state index contributed by atoms with van der Waals surface area (Å²) in [5.74, 6) is -3.18. The Morgan fingerprint density at radius 3 is 1.37 bits per heavy atom. The maximum Gasteiger partial charge on any atom is 0.326 e. The highest BCUT2D eigenvalue weighted by Crippen LogP contribution is 2.14. The van der Waals surface area contributed by atoms with Crippen molar-refractivity contribution in [2.45, 2.75) is 147 Å². The van der Waals surface area contributed by atoms with E-state index in [0.29, 0.717) is 32.2 Å². The molecular formula is C41H74BN5O13. The van der Waals surface area contributed by atoms with Gasteiger partial charge in [0.2, 0.25) is 23.6 Å². The van der Waals surface area contributed by atoms with E-state index < -0.39 is 29.7 Å². The van der Waals surface area contributed by atoms with Gasteiger partial charge in [-0.3, -0.25) is 24.0 Å². The molecular weight excluding hydrogens is 781 g/mol. The van der Waals surface area contributed by atoms with Gasteiger partial charge < -0.3 is 61.0 Å². The van der Waals surface area contributed by atoms with E-state index in [2.05, 4.69) is 21.3 Å². The average Bonchev–Trinajstić information content (AvgIpc) is 3.20. The van der Waals surface area contributed by atoms with Crippen LogP contribution in [0.2, 0.25) is 0 Å². The SMILES string of the molecule is [B]C(=O)C(N)CCCCNC(=O)COCCOCCNC(=O)COCCOCCNC(=O)CC[C@@H](NC(=O)CCCCCCCCCCCCCCCCC(=O)O)C(=O)O. The minimum absolute atomic E-state index is 0.0295. The van der Waals surface area contributed by atoms with E-state index in [0.717, 1.165) is 38.5 Å². The second kappa shape index (κ2) is 40.7. The number of carboxylic acids is 2. The number of unbranched alkanes of at least 4 members (excludes halogenated alkanes) is 14. The van der Waals surface area contributed by atoms with E-state index in [1.807, 2.05) is 0 Å². The highest BCUT2D eigenvalue weighted by atomic mass is 16.5. The van der Waals surface area contributed by atoms with Gasteiger partial charge in [0.05, 0.1) is 51.4 Å². The molecule has 4 amide bonds. The smallest absolute Gasteiger partial charge is 0.326 e. The van der Waals surface area contributed by atoms with E-state index in [4.69, 9.17) is 37.6 Å². The number of hydrogen-bond donors (Lipinski definition) is 7. The van der Waals surface area contributed by atoms with Gasteiger partial charge in [0.1, 0.15) is 19.3 Å². The van der Waals surface area contributed by atoms with E-state index in [1.54, 1.807) is 0 Å². The Kier molecular flexibility index (Phi) is 38.3. The van der Waals surface area contributed by atoms with Gasteiger partial charge >= 0.3 is 11.9 Å². The molecule has 0 spiro atoms. The molecule has 0 aliphatic rings. The number of amides is 4. The Morgan fingerprint density at radius 1 is 0.467 bits per heavy atom. The zero-order chi connectivity index (χ0) is 44.5. The van der Waals surface area contributed by atoms with E-state index in [9.17, 15) is 38.7 Å². The zero-order valence-corrected chi connectivity index (χ0v) is 35.8. The number of aliphatic carboxylic acids is 2. The first-order valence-corrected chi connectivity index (χ1v) is 21.8. The molecule has 0 saturated heterocycles. The van der Waals surface area contributed by atoms with E-state index >= 15 is 0 Å². The number of ether oxygens (including phenoxy) is 4. The third-order valence-electron chi connectivity index (χ3n) is 9.31. The highest BCUT2D eigenvalue weighted by molar-refractivity contribution is 6.59. The molecule has 0 heterocycles. The minimum atomic E-state index is -1.19. The van der Waals surface area contributed by atoms with Gasteiger partial charge in [-0.2, -0.15) is 0 Å². The van der Waals surface area contributed by atoms with Crippen molar-refractivity contribution >= 4 is 49.1 Å². The molecule has 0 bridgehead atoms. The molecule has 0 saturated carbocycles. The lowest BCUT2D eigenvalue weighted by Crippen LogP contribution is -2.41. The fourth-order valence-corrected chi connectivity index (χ4v) is 5.83. The Morgan fingerprint density at radius 2 is 0.900 bits per heavy atom. The molecule has 1 unspecified atom stereocenters. The van der Waals surface area contributed by atoms with Crippen LogP contribution in [-0.4, -0.2) is 144 Å². The van der Waals surface area contributed by atoms with Crippen LogP contribution < -0.4 is 27.0 Å². The predicted molar refractivity (Wildman–Crippen MR) is 225 cm³/mol. The molecule has 2 atom stereocenters. The molecule has 18 nitrogen and oxygen atoms in total. The summed E-state index contributed by atoms with van der Waals surface area (Å²) in [4.78, 5) is 81.2. The first kappa shape index (κ1) is 56.4. The molecule has 0 rings (SSSR count). The number of carboxylic acid groups (broad SMARTS) is 2. The van der Waals surface area contributed by atoms with Crippen molar-refractivity contribution in [2.75, 3.05) is 72.5 Å². The molecule has 2 radical (unpaired) electrons. The zero-order valence-electron chi connectivity index (χ0n) is 35.8. The monoisotopic (exact) mass is 856 g/mol. The van der Waals surface area contributed by atoms with Crippen LogP contribution in [0.25, 0.3) is 0 Å². The van der Waals surface area contributed by atoms with Gasteiger partial charge in [-0.1, -0.05) is 77.0 Å². The van der Waals surface area contributed by atoms with Crippen molar-refractivity contribution in [2.24, 2.45) is 5.73 Å². The van der Waals surface area contributed by atoms with Crippen LogP contribution in [0.1, 0.15) is 135 Å². The molecule has 0 fully saturated rings. The summed E-state index contributed by atoms with van der Waals surface area (Å²) >= 11 is 0. The van der Waals surface area contributed by atoms with Crippen molar-refractivity contribution in [3.8, 4) is 0 Å². The third kappa shape index (κ3) is 39.8. The molecule has 0 aromatic carbocycles. The van der Waals surface area contributed by atoms with Crippen molar-refractivity contribution in [3.63, 3.8) is 0 Å². The summed E-state index contributed by atoms with van der Waals surface area (Å²) in [6.45, 7) is 1.90. The average molecular weight is 856 g/mol. The first-order valence-electron chi connectivity index (χ1n) is 21.8. The third-order valence-corrected chi connectivity index (χ3v) is 9.31. The van der Waals surface area contributed by atoms with Crippen LogP contribution >= 0.6 is 0 Å². The number of rotatable bonds is 44. The summed E-state index contributed by atoms with van der Waals surface area (Å²) in [6, 6.07) is -1.82. The van der Waals surface area contributed by atoms with E-state index in [-0.39, 0.29) is 115 Å². The number of carbonyl (C=O) groups is 7.